The first-order chi connectivity index (χ1) is 12.2. The maximum absolute atomic E-state index is 6.08. The van der Waals surface area contributed by atoms with Crippen LogP contribution in [0.2, 0.25) is 0 Å². The number of ether oxygens (including phenoxy) is 2. The van der Waals surface area contributed by atoms with Gasteiger partial charge in [0.05, 0.1) is 18.8 Å². The SMILES string of the molecule is CCNC(=NCCCCC(C)C)N1CCC(OCC2CCCO2)CC1.I. The van der Waals surface area contributed by atoms with E-state index < -0.39 is 0 Å². The van der Waals surface area contributed by atoms with Crippen molar-refractivity contribution in [1.29, 1.82) is 0 Å². The third-order valence-corrected chi connectivity index (χ3v) is 5.07. The van der Waals surface area contributed by atoms with E-state index >= 15 is 0 Å². The van der Waals surface area contributed by atoms with Crippen molar-refractivity contribution in [2.24, 2.45) is 10.9 Å². The molecule has 0 bridgehead atoms. The van der Waals surface area contributed by atoms with Gasteiger partial charge in [-0.3, -0.25) is 4.99 Å². The van der Waals surface area contributed by atoms with Crippen LogP contribution in [0.1, 0.15) is 65.7 Å². The molecule has 2 saturated heterocycles. The van der Waals surface area contributed by atoms with Crippen molar-refractivity contribution in [2.45, 2.75) is 77.9 Å². The summed E-state index contributed by atoms with van der Waals surface area (Å²) >= 11 is 0. The first-order valence-corrected chi connectivity index (χ1v) is 10.5. The summed E-state index contributed by atoms with van der Waals surface area (Å²) in [6.45, 7) is 12.3. The zero-order valence-electron chi connectivity index (χ0n) is 17.0. The largest absolute Gasteiger partial charge is 0.376 e. The fourth-order valence-corrected chi connectivity index (χ4v) is 3.53. The molecule has 0 radical (unpaired) electrons. The minimum absolute atomic E-state index is 0. The van der Waals surface area contributed by atoms with Crippen molar-refractivity contribution >= 4 is 29.9 Å². The minimum Gasteiger partial charge on any atom is -0.376 e. The molecule has 2 aliphatic heterocycles. The summed E-state index contributed by atoms with van der Waals surface area (Å²) in [6.07, 6.45) is 9.01. The van der Waals surface area contributed by atoms with E-state index in [0.717, 1.165) is 70.5 Å². The molecular formula is C20H40IN3O2. The van der Waals surface area contributed by atoms with Gasteiger partial charge in [0.25, 0.3) is 0 Å². The topological polar surface area (TPSA) is 46.1 Å². The summed E-state index contributed by atoms with van der Waals surface area (Å²) in [7, 11) is 0. The molecule has 26 heavy (non-hydrogen) atoms. The van der Waals surface area contributed by atoms with Gasteiger partial charge in [0.2, 0.25) is 0 Å². The van der Waals surface area contributed by atoms with Crippen LogP contribution in [0.25, 0.3) is 0 Å². The van der Waals surface area contributed by atoms with E-state index in [2.05, 4.69) is 31.0 Å². The van der Waals surface area contributed by atoms with Gasteiger partial charge in [0.15, 0.2) is 5.96 Å². The van der Waals surface area contributed by atoms with Crippen molar-refractivity contribution in [3.8, 4) is 0 Å². The van der Waals surface area contributed by atoms with Crippen molar-refractivity contribution in [3.05, 3.63) is 0 Å². The van der Waals surface area contributed by atoms with E-state index in [0.29, 0.717) is 12.2 Å². The van der Waals surface area contributed by atoms with E-state index in [-0.39, 0.29) is 24.0 Å². The van der Waals surface area contributed by atoms with Crippen molar-refractivity contribution in [2.75, 3.05) is 39.4 Å². The Balaban J connectivity index is 0.00000338. The first-order valence-electron chi connectivity index (χ1n) is 10.5. The summed E-state index contributed by atoms with van der Waals surface area (Å²) in [6, 6.07) is 0. The molecule has 0 aliphatic carbocycles. The van der Waals surface area contributed by atoms with Gasteiger partial charge in [-0.15, -0.1) is 24.0 Å². The van der Waals surface area contributed by atoms with Crippen LogP contribution in [-0.2, 0) is 9.47 Å². The number of aliphatic imine (C=N–C) groups is 1. The van der Waals surface area contributed by atoms with Crippen LogP contribution < -0.4 is 5.32 Å². The van der Waals surface area contributed by atoms with E-state index in [1.165, 1.54) is 25.7 Å². The second-order valence-corrected chi connectivity index (χ2v) is 7.78. The molecule has 6 heteroatoms. The van der Waals surface area contributed by atoms with E-state index in [1.54, 1.807) is 0 Å². The summed E-state index contributed by atoms with van der Waals surface area (Å²) < 4.78 is 11.7. The molecule has 154 valence electrons. The number of halogens is 1. The predicted molar refractivity (Wildman–Crippen MR) is 120 cm³/mol. The maximum Gasteiger partial charge on any atom is 0.193 e. The second-order valence-electron chi connectivity index (χ2n) is 7.78. The third-order valence-electron chi connectivity index (χ3n) is 5.07. The number of rotatable bonds is 9. The summed E-state index contributed by atoms with van der Waals surface area (Å²) in [5.41, 5.74) is 0. The monoisotopic (exact) mass is 481 g/mol. The number of nitrogens with zero attached hydrogens (tertiary/aromatic N) is 2. The average molecular weight is 481 g/mol. The quantitative estimate of drug-likeness (QED) is 0.234. The van der Waals surface area contributed by atoms with Crippen LogP contribution in [0.15, 0.2) is 4.99 Å². The van der Waals surface area contributed by atoms with Crippen LogP contribution in [0, 0.1) is 5.92 Å². The Labute approximate surface area is 177 Å². The summed E-state index contributed by atoms with van der Waals surface area (Å²) in [4.78, 5) is 7.24. The first kappa shape index (κ1) is 24.0. The highest BCUT2D eigenvalue weighted by atomic mass is 127. The molecule has 0 amide bonds. The zero-order valence-corrected chi connectivity index (χ0v) is 19.4. The zero-order chi connectivity index (χ0) is 17.9. The fourth-order valence-electron chi connectivity index (χ4n) is 3.53. The van der Waals surface area contributed by atoms with Gasteiger partial charge in [-0.1, -0.05) is 26.7 Å². The summed E-state index contributed by atoms with van der Waals surface area (Å²) in [5.74, 6) is 1.88. The van der Waals surface area contributed by atoms with Crippen LogP contribution in [0.3, 0.4) is 0 Å². The Bertz CT molecular complexity index is 379. The van der Waals surface area contributed by atoms with Crippen molar-refractivity contribution in [1.82, 2.24) is 10.2 Å². The lowest BCUT2D eigenvalue weighted by atomic mass is 10.1. The third kappa shape index (κ3) is 9.22. The molecular weight excluding hydrogens is 441 g/mol. The Hall–Kier alpha value is -0.0800. The van der Waals surface area contributed by atoms with Crippen LogP contribution in [-0.4, -0.2) is 62.5 Å². The fraction of sp³-hybridized carbons (Fsp3) is 0.950. The lowest BCUT2D eigenvalue weighted by Gasteiger charge is -2.34. The normalized spacial score (nSPS) is 21.9. The van der Waals surface area contributed by atoms with Gasteiger partial charge in [0, 0.05) is 32.8 Å². The average Bonchev–Trinajstić information content (AvgIpc) is 3.12. The van der Waals surface area contributed by atoms with Gasteiger partial charge in [0.1, 0.15) is 0 Å². The lowest BCUT2D eigenvalue weighted by molar-refractivity contribution is -0.0367. The lowest BCUT2D eigenvalue weighted by Crippen LogP contribution is -2.47. The Kier molecular flexibility index (Phi) is 12.9. The number of guanidine groups is 1. The molecule has 1 unspecified atom stereocenters. The standard InChI is InChI=1S/C20H39N3O2.HI/c1-4-21-20(22-12-6-5-8-17(2)3)23-13-10-18(11-14-23)25-16-19-9-7-15-24-19;/h17-19H,4-16H2,1-3H3,(H,21,22);1H. The van der Waals surface area contributed by atoms with Gasteiger partial charge >= 0.3 is 0 Å². The Morgan fingerprint density at radius 2 is 2.00 bits per heavy atom. The Morgan fingerprint density at radius 3 is 2.62 bits per heavy atom. The van der Waals surface area contributed by atoms with E-state index in [4.69, 9.17) is 14.5 Å². The molecule has 2 rings (SSSR count). The van der Waals surface area contributed by atoms with E-state index in [9.17, 15) is 0 Å². The molecule has 1 atom stereocenters. The van der Waals surface area contributed by atoms with Crippen molar-refractivity contribution < 1.29 is 9.47 Å². The van der Waals surface area contributed by atoms with Crippen LogP contribution in [0.5, 0.6) is 0 Å². The Morgan fingerprint density at radius 1 is 1.23 bits per heavy atom. The van der Waals surface area contributed by atoms with Crippen LogP contribution in [0.4, 0.5) is 0 Å². The van der Waals surface area contributed by atoms with E-state index in [1.807, 2.05) is 0 Å². The molecule has 2 aliphatic rings. The van der Waals surface area contributed by atoms with Crippen LogP contribution >= 0.6 is 24.0 Å². The van der Waals surface area contributed by atoms with Gasteiger partial charge in [-0.05, 0) is 44.9 Å². The number of piperidine rings is 1. The number of nitrogens with one attached hydrogen (secondary N) is 1. The molecule has 2 heterocycles. The molecule has 0 spiro atoms. The highest BCUT2D eigenvalue weighted by Crippen LogP contribution is 2.18. The molecule has 2 fully saturated rings. The second kappa shape index (κ2) is 14.0. The number of hydrogen-bond acceptors (Lipinski definition) is 3. The smallest absolute Gasteiger partial charge is 0.193 e. The number of hydrogen-bond donors (Lipinski definition) is 1. The molecule has 0 aromatic carbocycles. The molecule has 1 N–H and O–H groups in total. The predicted octanol–water partition coefficient (Wildman–Crippen LogP) is 4.06. The molecule has 5 nitrogen and oxygen atoms in total. The number of unbranched alkanes of at least 4 members (excludes halogenated alkanes) is 1. The molecule has 0 aromatic rings. The molecule has 0 aromatic heterocycles. The highest BCUT2D eigenvalue weighted by molar-refractivity contribution is 14.0. The molecule has 0 saturated carbocycles. The summed E-state index contributed by atoms with van der Waals surface area (Å²) in [5, 5.41) is 3.46. The van der Waals surface area contributed by atoms with Crippen molar-refractivity contribution in [3.63, 3.8) is 0 Å². The highest BCUT2D eigenvalue weighted by Gasteiger charge is 2.24. The van der Waals surface area contributed by atoms with Gasteiger partial charge < -0.3 is 19.7 Å². The minimum atomic E-state index is 0. The maximum atomic E-state index is 6.08. The number of likely N-dealkylation sites (tertiary alicyclic amines) is 1. The van der Waals surface area contributed by atoms with Gasteiger partial charge in [-0.2, -0.15) is 0 Å². The van der Waals surface area contributed by atoms with Gasteiger partial charge in [-0.25, -0.2) is 0 Å².